The summed E-state index contributed by atoms with van der Waals surface area (Å²) in [6, 6.07) is 12.2. The summed E-state index contributed by atoms with van der Waals surface area (Å²) in [5.74, 6) is 1.27. The van der Waals surface area contributed by atoms with Gasteiger partial charge in [0.25, 0.3) is 0 Å². The van der Waals surface area contributed by atoms with Crippen molar-refractivity contribution in [2.45, 2.75) is 32.1 Å². The Morgan fingerprint density at radius 2 is 1.65 bits per heavy atom. The van der Waals surface area contributed by atoms with E-state index in [2.05, 4.69) is 22.3 Å². The van der Waals surface area contributed by atoms with Crippen molar-refractivity contribution in [3.8, 4) is 11.4 Å². The van der Waals surface area contributed by atoms with E-state index in [-0.39, 0.29) is 11.8 Å². The molecular formula is C23H26N4O3S. The second-order valence-electron chi connectivity index (χ2n) is 7.62. The molecule has 0 radical (unpaired) electrons. The maximum Gasteiger partial charge on any atom is 0.227 e. The van der Waals surface area contributed by atoms with Gasteiger partial charge in [-0.05, 0) is 29.9 Å². The predicted octanol–water partition coefficient (Wildman–Crippen LogP) is 3.42. The molecule has 0 bridgehead atoms. The SMILES string of the molecule is O=C(CCCc1ccccc1)N1CCN(C(=O)CCc2nc(-c3ccsc3)no2)CC1. The summed E-state index contributed by atoms with van der Waals surface area (Å²) in [6.45, 7) is 2.35. The normalized spacial score (nSPS) is 14.1. The molecule has 0 unspecified atom stereocenters. The molecule has 2 amide bonds. The van der Waals surface area contributed by atoms with Crippen molar-refractivity contribution < 1.29 is 14.1 Å². The summed E-state index contributed by atoms with van der Waals surface area (Å²) >= 11 is 1.58. The summed E-state index contributed by atoms with van der Waals surface area (Å²) in [6.07, 6.45) is 3.06. The zero-order valence-corrected chi connectivity index (χ0v) is 18.2. The second kappa shape index (κ2) is 10.3. The van der Waals surface area contributed by atoms with Gasteiger partial charge in [-0.15, -0.1) is 0 Å². The number of nitrogens with zero attached hydrogens (tertiary/aromatic N) is 4. The fourth-order valence-electron chi connectivity index (χ4n) is 3.69. The zero-order chi connectivity index (χ0) is 21.5. The molecular weight excluding hydrogens is 412 g/mol. The number of thiophene rings is 1. The van der Waals surface area contributed by atoms with Crippen LogP contribution in [0.25, 0.3) is 11.4 Å². The Balaban J connectivity index is 1.16. The minimum atomic E-state index is 0.0615. The van der Waals surface area contributed by atoms with Crippen LogP contribution in [0.1, 0.15) is 30.7 Å². The van der Waals surface area contributed by atoms with Gasteiger partial charge in [0.2, 0.25) is 23.5 Å². The highest BCUT2D eigenvalue weighted by atomic mass is 32.1. The van der Waals surface area contributed by atoms with Gasteiger partial charge in [-0.1, -0.05) is 35.5 Å². The lowest BCUT2D eigenvalue weighted by Crippen LogP contribution is -2.50. The van der Waals surface area contributed by atoms with Crippen LogP contribution >= 0.6 is 11.3 Å². The molecule has 3 heterocycles. The number of carbonyl (C=O) groups is 2. The van der Waals surface area contributed by atoms with Crippen molar-refractivity contribution in [3.63, 3.8) is 0 Å². The quantitative estimate of drug-likeness (QED) is 0.538. The number of hydrogen-bond donors (Lipinski definition) is 0. The van der Waals surface area contributed by atoms with Gasteiger partial charge in [0.15, 0.2) is 0 Å². The molecule has 0 spiro atoms. The van der Waals surface area contributed by atoms with Crippen LogP contribution in [-0.4, -0.2) is 57.9 Å². The first-order valence-corrected chi connectivity index (χ1v) is 11.6. The molecule has 4 rings (SSSR count). The van der Waals surface area contributed by atoms with Crippen LogP contribution in [0.3, 0.4) is 0 Å². The van der Waals surface area contributed by atoms with E-state index in [0.29, 0.717) is 57.2 Å². The maximum absolute atomic E-state index is 12.5. The van der Waals surface area contributed by atoms with Crippen LogP contribution < -0.4 is 0 Å². The van der Waals surface area contributed by atoms with Crippen LogP contribution in [-0.2, 0) is 22.4 Å². The summed E-state index contributed by atoms with van der Waals surface area (Å²) in [5.41, 5.74) is 2.19. The van der Waals surface area contributed by atoms with Gasteiger partial charge in [0.1, 0.15) is 0 Å². The van der Waals surface area contributed by atoms with Gasteiger partial charge in [-0.25, -0.2) is 0 Å². The van der Waals surface area contributed by atoms with Crippen LogP contribution in [0.4, 0.5) is 0 Å². The van der Waals surface area contributed by atoms with Crippen LogP contribution in [0.5, 0.6) is 0 Å². The molecule has 1 fully saturated rings. The Morgan fingerprint density at radius 1 is 0.935 bits per heavy atom. The highest BCUT2D eigenvalue weighted by Gasteiger charge is 2.24. The van der Waals surface area contributed by atoms with E-state index < -0.39 is 0 Å². The standard InChI is InChI=1S/C23H26N4O3S/c28-21(8-4-7-18-5-2-1-3-6-18)26-12-14-27(15-13-26)22(29)10-9-20-24-23(25-30-20)19-11-16-31-17-19/h1-3,5-6,11,16-17H,4,7-10,12-15H2. The summed E-state index contributed by atoms with van der Waals surface area (Å²) in [5, 5.41) is 7.90. The molecule has 2 aromatic heterocycles. The third-order valence-corrected chi connectivity index (χ3v) is 6.17. The fourth-order valence-corrected chi connectivity index (χ4v) is 4.32. The summed E-state index contributed by atoms with van der Waals surface area (Å²) in [4.78, 5) is 33.1. The number of amides is 2. The molecule has 0 saturated carbocycles. The Kier molecular flexibility index (Phi) is 7.09. The highest BCUT2D eigenvalue weighted by Crippen LogP contribution is 2.19. The average Bonchev–Trinajstić information content (AvgIpc) is 3.50. The molecule has 0 aliphatic carbocycles. The molecule has 7 nitrogen and oxygen atoms in total. The molecule has 0 N–H and O–H groups in total. The highest BCUT2D eigenvalue weighted by molar-refractivity contribution is 7.08. The topological polar surface area (TPSA) is 79.5 Å². The lowest BCUT2D eigenvalue weighted by atomic mass is 10.1. The number of benzene rings is 1. The van der Waals surface area contributed by atoms with Gasteiger partial charge in [0, 0.05) is 56.4 Å². The first kappa shape index (κ1) is 21.2. The Bertz CT molecular complexity index is 979. The smallest absolute Gasteiger partial charge is 0.227 e. The second-order valence-corrected chi connectivity index (χ2v) is 8.40. The van der Waals surface area contributed by atoms with Crippen molar-refractivity contribution in [1.82, 2.24) is 19.9 Å². The van der Waals surface area contributed by atoms with Crippen molar-refractivity contribution in [1.29, 1.82) is 0 Å². The third-order valence-electron chi connectivity index (χ3n) is 5.48. The molecule has 3 aromatic rings. The first-order chi connectivity index (χ1) is 15.2. The lowest BCUT2D eigenvalue weighted by molar-refractivity contribution is -0.139. The van der Waals surface area contributed by atoms with Crippen LogP contribution in [0.15, 0.2) is 51.7 Å². The van der Waals surface area contributed by atoms with Gasteiger partial charge >= 0.3 is 0 Å². The monoisotopic (exact) mass is 438 g/mol. The van der Waals surface area contributed by atoms with Gasteiger partial charge in [0.05, 0.1) is 0 Å². The van der Waals surface area contributed by atoms with E-state index >= 15 is 0 Å². The Hall–Kier alpha value is -3.00. The number of rotatable bonds is 8. The number of aromatic nitrogens is 2. The van der Waals surface area contributed by atoms with Crippen molar-refractivity contribution in [3.05, 3.63) is 58.6 Å². The van der Waals surface area contributed by atoms with E-state index in [1.54, 1.807) is 11.3 Å². The molecule has 162 valence electrons. The fraction of sp³-hybridized carbons (Fsp3) is 0.391. The van der Waals surface area contributed by atoms with Crippen LogP contribution in [0.2, 0.25) is 0 Å². The van der Waals surface area contributed by atoms with Crippen LogP contribution in [0, 0.1) is 0 Å². The van der Waals surface area contributed by atoms with Gasteiger partial charge in [-0.2, -0.15) is 16.3 Å². The van der Waals surface area contributed by atoms with Gasteiger partial charge < -0.3 is 14.3 Å². The van der Waals surface area contributed by atoms with E-state index in [0.717, 1.165) is 18.4 Å². The first-order valence-electron chi connectivity index (χ1n) is 10.6. The molecule has 1 aliphatic heterocycles. The average molecular weight is 439 g/mol. The third kappa shape index (κ3) is 5.79. The number of piperazine rings is 1. The van der Waals surface area contributed by atoms with E-state index in [1.807, 2.05) is 44.8 Å². The Labute approximate surface area is 185 Å². The number of aryl methyl sites for hydroxylation is 2. The van der Waals surface area contributed by atoms with E-state index in [9.17, 15) is 9.59 Å². The van der Waals surface area contributed by atoms with E-state index in [4.69, 9.17) is 4.52 Å². The molecule has 1 aromatic carbocycles. The molecule has 1 aliphatic rings. The van der Waals surface area contributed by atoms with Gasteiger partial charge in [-0.3, -0.25) is 9.59 Å². The number of hydrogen-bond acceptors (Lipinski definition) is 6. The molecule has 8 heteroatoms. The number of carbonyl (C=O) groups excluding carboxylic acids is 2. The minimum absolute atomic E-state index is 0.0615. The largest absolute Gasteiger partial charge is 0.339 e. The molecule has 1 saturated heterocycles. The molecule has 0 atom stereocenters. The van der Waals surface area contributed by atoms with Crippen molar-refractivity contribution in [2.75, 3.05) is 26.2 Å². The summed E-state index contributed by atoms with van der Waals surface area (Å²) < 4.78 is 5.26. The Morgan fingerprint density at radius 3 is 2.32 bits per heavy atom. The zero-order valence-electron chi connectivity index (χ0n) is 17.4. The maximum atomic E-state index is 12.5. The molecule has 31 heavy (non-hydrogen) atoms. The predicted molar refractivity (Wildman–Crippen MR) is 118 cm³/mol. The van der Waals surface area contributed by atoms with E-state index in [1.165, 1.54) is 5.56 Å². The van der Waals surface area contributed by atoms with Crippen molar-refractivity contribution in [2.24, 2.45) is 0 Å². The summed E-state index contributed by atoms with van der Waals surface area (Å²) in [7, 11) is 0. The lowest BCUT2D eigenvalue weighted by Gasteiger charge is -2.35. The minimum Gasteiger partial charge on any atom is -0.339 e. The van der Waals surface area contributed by atoms with Crippen molar-refractivity contribution >= 4 is 23.2 Å².